The molecule has 0 aliphatic carbocycles. The maximum atomic E-state index is 4.21. The lowest BCUT2D eigenvalue weighted by molar-refractivity contribution is 0.538. The summed E-state index contributed by atoms with van der Waals surface area (Å²) in [5.41, 5.74) is 1.22. The maximum Gasteiger partial charge on any atom is 0.0732 e. The van der Waals surface area contributed by atoms with Crippen LogP contribution in [0.25, 0.3) is 0 Å². The van der Waals surface area contributed by atoms with Gasteiger partial charge in [0, 0.05) is 4.47 Å². The quantitative estimate of drug-likeness (QED) is 0.733. The Morgan fingerprint density at radius 1 is 1.20 bits per heavy atom. The molecular weight excluding hydrogens is 252 g/mol. The molecule has 0 heterocycles. The molecule has 0 radical (unpaired) electrons. The molecular formula is C12H17BrN2. The van der Waals surface area contributed by atoms with Gasteiger partial charge in [-0.2, -0.15) is 10.2 Å². The van der Waals surface area contributed by atoms with E-state index in [9.17, 15) is 0 Å². The highest BCUT2D eigenvalue weighted by molar-refractivity contribution is 9.10. The highest BCUT2D eigenvalue weighted by Gasteiger charge is 2.05. The molecule has 0 saturated carbocycles. The third kappa shape index (κ3) is 5.07. The Morgan fingerprint density at radius 2 is 1.87 bits per heavy atom. The highest BCUT2D eigenvalue weighted by Crippen LogP contribution is 2.16. The van der Waals surface area contributed by atoms with Gasteiger partial charge in [0.1, 0.15) is 0 Å². The Morgan fingerprint density at radius 3 is 2.47 bits per heavy atom. The zero-order valence-electron chi connectivity index (χ0n) is 9.50. The number of rotatable bonds is 3. The molecule has 0 aromatic heterocycles. The number of benzene rings is 1. The smallest absolute Gasteiger partial charge is 0.0732 e. The van der Waals surface area contributed by atoms with Gasteiger partial charge in [0.15, 0.2) is 0 Å². The lowest BCUT2D eigenvalue weighted by Crippen LogP contribution is -2.08. The van der Waals surface area contributed by atoms with Gasteiger partial charge >= 0.3 is 0 Å². The van der Waals surface area contributed by atoms with Crippen molar-refractivity contribution in [1.29, 1.82) is 0 Å². The molecule has 2 nitrogen and oxygen atoms in total. The largest absolute Gasteiger partial charge is 0.193 e. The Bertz CT molecular complexity index is 340. The highest BCUT2D eigenvalue weighted by atomic mass is 79.9. The summed E-state index contributed by atoms with van der Waals surface area (Å²) < 4.78 is 1.15. The predicted molar refractivity (Wildman–Crippen MR) is 67.3 cm³/mol. The predicted octanol–water partition coefficient (Wildman–Crippen LogP) is 4.24. The zero-order valence-corrected chi connectivity index (χ0v) is 11.1. The molecule has 15 heavy (non-hydrogen) atoms. The van der Waals surface area contributed by atoms with E-state index in [4.69, 9.17) is 0 Å². The molecule has 0 fully saturated rings. The molecule has 0 N–H and O–H groups in total. The molecule has 1 aromatic rings. The summed E-state index contributed by atoms with van der Waals surface area (Å²) in [7, 11) is 0. The topological polar surface area (TPSA) is 24.7 Å². The molecule has 0 spiro atoms. The Labute approximate surface area is 99.9 Å². The van der Waals surface area contributed by atoms with E-state index in [1.54, 1.807) is 0 Å². The van der Waals surface area contributed by atoms with Crippen LogP contribution in [0.2, 0.25) is 0 Å². The summed E-state index contributed by atoms with van der Waals surface area (Å²) in [6.07, 6.45) is 0.932. The van der Waals surface area contributed by atoms with Gasteiger partial charge in [-0.05, 0) is 38.8 Å². The number of halogens is 1. The van der Waals surface area contributed by atoms with Crippen LogP contribution in [0.15, 0.2) is 39.0 Å². The van der Waals surface area contributed by atoms with Gasteiger partial charge in [0.2, 0.25) is 0 Å². The number of hydrogen-bond acceptors (Lipinski definition) is 2. The summed E-state index contributed by atoms with van der Waals surface area (Å²) >= 11 is 3.52. The summed E-state index contributed by atoms with van der Waals surface area (Å²) in [6.45, 7) is 6.90. The second-order valence-electron chi connectivity index (χ2n) is 4.48. The van der Waals surface area contributed by atoms with E-state index in [2.05, 4.69) is 59.1 Å². The van der Waals surface area contributed by atoms with Crippen LogP contribution in [0.3, 0.4) is 0 Å². The first-order chi connectivity index (χ1) is 6.99. The van der Waals surface area contributed by atoms with Crippen molar-refractivity contribution in [2.45, 2.75) is 32.7 Å². The van der Waals surface area contributed by atoms with Gasteiger partial charge in [-0.25, -0.2) is 0 Å². The molecule has 1 rings (SSSR count). The van der Waals surface area contributed by atoms with Crippen molar-refractivity contribution in [2.75, 3.05) is 6.54 Å². The average Bonchev–Trinajstić information content (AvgIpc) is 2.13. The van der Waals surface area contributed by atoms with Gasteiger partial charge in [0.25, 0.3) is 0 Å². The maximum absolute atomic E-state index is 4.21. The number of nitrogens with zero attached hydrogens (tertiary/aromatic N) is 2. The molecule has 0 bridgehead atoms. The van der Waals surface area contributed by atoms with E-state index in [-0.39, 0.29) is 5.54 Å². The van der Waals surface area contributed by atoms with E-state index in [0.29, 0.717) is 0 Å². The van der Waals surface area contributed by atoms with Crippen LogP contribution in [0, 0.1) is 0 Å². The first kappa shape index (κ1) is 12.4. The molecule has 0 aliphatic rings. The number of hydrogen-bond donors (Lipinski definition) is 0. The molecule has 0 saturated heterocycles. The molecule has 0 unspecified atom stereocenters. The second-order valence-corrected chi connectivity index (χ2v) is 5.33. The minimum atomic E-state index is -0.0616. The van der Waals surface area contributed by atoms with Crippen molar-refractivity contribution in [3.05, 3.63) is 34.3 Å². The summed E-state index contributed by atoms with van der Waals surface area (Å²) in [5.74, 6) is 0. The van der Waals surface area contributed by atoms with Crippen molar-refractivity contribution in [3.8, 4) is 0 Å². The fourth-order valence-corrected chi connectivity index (χ4v) is 1.62. The van der Waals surface area contributed by atoms with Crippen molar-refractivity contribution >= 4 is 15.9 Å². The van der Waals surface area contributed by atoms with E-state index in [1.165, 1.54) is 5.56 Å². The van der Waals surface area contributed by atoms with E-state index in [1.807, 2.05) is 12.1 Å². The fourth-order valence-electron chi connectivity index (χ4n) is 1.13. The monoisotopic (exact) mass is 268 g/mol. The van der Waals surface area contributed by atoms with Crippen molar-refractivity contribution in [3.63, 3.8) is 0 Å². The van der Waals surface area contributed by atoms with Gasteiger partial charge < -0.3 is 0 Å². The molecule has 1 aromatic carbocycles. The lowest BCUT2D eigenvalue weighted by atomic mass is 10.1. The molecule has 0 amide bonds. The molecule has 0 atom stereocenters. The molecule has 82 valence electrons. The first-order valence-corrected chi connectivity index (χ1v) is 5.90. The van der Waals surface area contributed by atoms with Crippen LogP contribution in [-0.4, -0.2) is 12.1 Å². The lowest BCUT2D eigenvalue weighted by Gasteiger charge is -2.08. The van der Waals surface area contributed by atoms with Gasteiger partial charge in [0.05, 0.1) is 12.1 Å². The van der Waals surface area contributed by atoms with Gasteiger partial charge in [-0.15, -0.1) is 0 Å². The van der Waals surface area contributed by atoms with Crippen LogP contribution in [0.5, 0.6) is 0 Å². The number of azo groups is 1. The van der Waals surface area contributed by atoms with E-state index >= 15 is 0 Å². The Kier molecular flexibility index (Phi) is 4.45. The van der Waals surface area contributed by atoms with Crippen LogP contribution in [0.4, 0.5) is 0 Å². The van der Waals surface area contributed by atoms with Crippen LogP contribution in [0.1, 0.15) is 26.3 Å². The Hall–Kier alpha value is -0.700. The van der Waals surface area contributed by atoms with Crippen LogP contribution >= 0.6 is 15.9 Å². The molecule has 0 aliphatic heterocycles. The SMILES string of the molecule is CC(C)(C)N=NCCc1ccccc1Br. The van der Waals surface area contributed by atoms with Crippen LogP contribution < -0.4 is 0 Å². The standard InChI is InChI=1S/C12H17BrN2/c1-12(2,3)15-14-9-8-10-6-4-5-7-11(10)13/h4-7H,8-9H2,1-3H3. The van der Waals surface area contributed by atoms with E-state index in [0.717, 1.165) is 17.4 Å². The van der Waals surface area contributed by atoms with Crippen molar-refractivity contribution in [2.24, 2.45) is 10.2 Å². The average molecular weight is 269 g/mol. The van der Waals surface area contributed by atoms with Crippen molar-refractivity contribution in [1.82, 2.24) is 0 Å². The van der Waals surface area contributed by atoms with Crippen molar-refractivity contribution < 1.29 is 0 Å². The molecule has 3 heteroatoms. The summed E-state index contributed by atoms with van der Waals surface area (Å²) in [5, 5.41) is 8.39. The fraction of sp³-hybridized carbons (Fsp3) is 0.500. The van der Waals surface area contributed by atoms with Crippen LogP contribution in [-0.2, 0) is 6.42 Å². The minimum Gasteiger partial charge on any atom is -0.193 e. The van der Waals surface area contributed by atoms with Gasteiger partial charge in [-0.1, -0.05) is 34.1 Å². The summed E-state index contributed by atoms with van der Waals surface area (Å²) in [6, 6.07) is 8.22. The normalized spacial score (nSPS) is 12.3. The Balaban J connectivity index is 2.45. The minimum absolute atomic E-state index is 0.0616. The third-order valence-corrected chi connectivity index (χ3v) is 2.58. The second kappa shape index (κ2) is 5.40. The summed E-state index contributed by atoms with van der Waals surface area (Å²) in [4.78, 5) is 0. The first-order valence-electron chi connectivity index (χ1n) is 5.11. The van der Waals surface area contributed by atoms with E-state index < -0.39 is 0 Å². The third-order valence-electron chi connectivity index (χ3n) is 1.81. The zero-order chi connectivity index (χ0) is 11.3. The van der Waals surface area contributed by atoms with Gasteiger partial charge in [-0.3, -0.25) is 0 Å².